The molecule has 1 aromatic rings. The first kappa shape index (κ1) is 13.3. The Bertz CT molecular complexity index is 424. The molecule has 1 aromatic carbocycles. The predicted molar refractivity (Wildman–Crippen MR) is 68.3 cm³/mol. The van der Waals surface area contributed by atoms with Gasteiger partial charge in [-0.05, 0) is 20.0 Å². The van der Waals surface area contributed by atoms with Crippen LogP contribution >= 0.6 is 0 Å². The molecule has 0 saturated heterocycles. The van der Waals surface area contributed by atoms with Gasteiger partial charge in [0.2, 0.25) is 0 Å². The van der Waals surface area contributed by atoms with E-state index in [0.29, 0.717) is 12.4 Å². The van der Waals surface area contributed by atoms with Gasteiger partial charge < -0.3 is 14.8 Å². The second-order valence-corrected chi connectivity index (χ2v) is 5.02. The molecule has 1 heterocycles. The molecule has 2 unspecified atom stereocenters. The van der Waals surface area contributed by atoms with E-state index in [9.17, 15) is 4.39 Å². The Kier molecular flexibility index (Phi) is 3.88. The first-order valence-corrected chi connectivity index (χ1v) is 6.22. The first-order chi connectivity index (χ1) is 8.58. The van der Waals surface area contributed by atoms with E-state index in [1.165, 1.54) is 12.1 Å². The molecule has 0 spiro atoms. The molecular weight excluding hydrogens is 233 g/mol. The number of methoxy groups -OCH3 is 1. The van der Waals surface area contributed by atoms with Crippen LogP contribution in [0.25, 0.3) is 0 Å². The molecule has 0 aliphatic carbocycles. The Morgan fingerprint density at radius 3 is 3.00 bits per heavy atom. The molecule has 4 heteroatoms. The van der Waals surface area contributed by atoms with Crippen LogP contribution in [-0.4, -0.2) is 26.4 Å². The van der Waals surface area contributed by atoms with Crippen LogP contribution in [0.4, 0.5) is 4.39 Å². The zero-order valence-corrected chi connectivity index (χ0v) is 11.1. The number of halogens is 1. The summed E-state index contributed by atoms with van der Waals surface area (Å²) in [6, 6.07) is 4.92. The van der Waals surface area contributed by atoms with Crippen molar-refractivity contribution in [3.8, 4) is 5.75 Å². The Hall–Kier alpha value is -1.13. The lowest BCUT2D eigenvalue weighted by Gasteiger charge is -2.40. The molecule has 0 fully saturated rings. The highest BCUT2D eigenvalue weighted by atomic mass is 19.1. The molecule has 0 amide bonds. The fourth-order valence-corrected chi connectivity index (χ4v) is 2.46. The summed E-state index contributed by atoms with van der Waals surface area (Å²) in [4.78, 5) is 0. The van der Waals surface area contributed by atoms with Gasteiger partial charge in [0.1, 0.15) is 17.2 Å². The van der Waals surface area contributed by atoms with Crippen LogP contribution in [0.15, 0.2) is 18.2 Å². The lowest BCUT2D eigenvalue weighted by atomic mass is 9.86. The smallest absolute Gasteiger partial charge is 0.127 e. The monoisotopic (exact) mass is 253 g/mol. The van der Waals surface area contributed by atoms with E-state index in [-0.39, 0.29) is 17.5 Å². The molecule has 1 aliphatic heterocycles. The lowest BCUT2D eigenvalue weighted by Crippen LogP contribution is -2.42. The Morgan fingerprint density at radius 2 is 2.33 bits per heavy atom. The van der Waals surface area contributed by atoms with Gasteiger partial charge in [-0.1, -0.05) is 6.07 Å². The number of fused-ring (bicyclic) bond motifs is 1. The van der Waals surface area contributed by atoms with Crippen LogP contribution in [0.5, 0.6) is 5.75 Å². The van der Waals surface area contributed by atoms with Gasteiger partial charge in [-0.15, -0.1) is 0 Å². The number of rotatable bonds is 4. The van der Waals surface area contributed by atoms with Gasteiger partial charge >= 0.3 is 0 Å². The van der Waals surface area contributed by atoms with Crippen molar-refractivity contribution < 1.29 is 13.9 Å². The fraction of sp³-hybridized carbons (Fsp3) is 0.571. The molecule has 1 N–H and O–H groups in total. The summed E-state index contributed by atoms with van der Waals surface area (Å²) in [6.07, 6.45) is 1.64. The first-order valence-electron chi connectivity index (χ1n) is 6.22. The topological polar surface area (TPSA) is 30.5 Å². The SMILES string of the molecule is CNC1CC(C)(CCOC)Oc2cc(F)ccc21. The highest BCUT2D eigenvalue weighted by Gasteiger charge is 2.36. The summed E-state index contributed by atoms with van der Waals surface area (Å²) in [5, 5.41) is 3.27. The third-order valence-electron chi connectivity index (χ3n) is 3.53. The summed E-state index contributed by atoms with van der Waals surface area (Å²) < 4.78 is 24.4. The normalized spacial score (nSPS) is 26.6. The molecule has 0 bridgehead atoms. The van der Waals surface area contributed by atoms with Crippen LogP contribution < -0.4 is 10.1 Å². The van der Waals surface area contributed by atoms with Crippen molar-refractivity contribution in [2.45, 2.75) is 31.4 Å². The molecule has 0 aromatic heterocycles. The maximum absolute atomic E-state index is 13.3. The number of benzene rings is 1. The molecule has 0 radical (unpaired) electrons. The summed E-state index contributed by atoms with van der Waals surface area (Å²) in [5.74, 6) is 0.374. The molecule has 2 atom stereocenters. The quantitative estimate of drug-likeness (QED) is 0.895. The van der Waals surface area contributed by atoms with E-state index in [4.69, 9.17) is 9.47 Å². The molecule has 3 nitrogen and oxygen atoms in total. The minimum atomic E-state index is -0.315. The van der Waals surface area contributed by atoms with Gasteiger partial charge in [-0.25, -0.2) is 4.39 Å². The number of hydrogen-bond acceptors (Lipinski definition) is 3. The van der Waals surface area contributed by atoms with Gasteiger partial charge in [0.15, 0.2) is 0 Å². The van der Waals surface area contributed by atoms with E-state index < -0.39 is 0 Å². The number of hydrogen-bond donors (Lipinski definition) is 1. The van der Waals surface area contributed by atoms with Gasteiger partial charge in [-0.2, -0.15) is 0 Å². The minimum Gasteiger partial charge on any atom is -0.487 e. The van der Waals surface area contributed by atoms with Crippen LogP contribution in [-0.2, 0) is 4.74 Å². The second-order valence-electron chi connectivity index (χ2n) is 5.02. The van der Waals surface area contributed by atoms with Crippen molar-refractivity contribution in [2.24, 2.45) is 0 Å². The fourth-order valence-electron chi connectivity index (χ4n) is 2.46. The standard InChI is InChI=1S/C14H20FNO2/c1-14(6-7-17-3)9-12(16-2)11-5-4-10(15)8-13(11)18-14/h4-5,8,12,16H,6-7,9H2,1-3H3. The summed E-state index contributed by atoms with van der Waals surface area (Å²) in [5.41, 5.74) is 0.707. The van der Waals surface area contributed by atoms with Crippen LogP contribution in [0.2, 0.25) is 0 Å². The average molecular weight is 253 g/mol. The van der Waals surface area contributed by atoms with Crippen LogP contribution in [0.3, 0.4) is 0 Å². The second kappa shape index (κ2) is 5.24. The maximum atomic E-state index is 13.3. The molecule has 0 saturated carbocycles. The van der Waals surface area contributed by atoms with Gasteiger partial charge in [-0.3, -0.25) is 0 Å². The van der Waals surface area contributed by atoms with Gasteiger partial charge in [0, 0.05) is 44.2 Å². The minimum absolute atomic E-state index is 0.191. The summed E-state index contributed by atoms with van der Waals surface area (Å²) >= 11 is 0. The van der Waals surface area contributed by atoms with Crippen LogP contribution in [0.1, 0.15) is 31.4 Å². The summed E-state index contributed by atoms with van der Waals surface area (Å²) in [7, 11) is 3.59. The Balaban J connectivity index is 2.28. The number of nitrogens with one attached hydrogen (secondary N) is 1. The van der Waals surface area contributed by atoms with E-state index in [1.807, 2.05) is 14.0 Å². The molecule has 1 aliphatic rings. The van der Waals surface area contributed by atoms with E-state index in [2.05, 4.69) is 5.32 Å². The maximum Gasteiger partial charge on any atom is 0.127 e. The molecular formula is C14H20FNO2. The number of ether oxygens (including phenoxy) is 2. The highest BCUT2D eigenvalue weighted by molar-refractivity contribution is 5.39. The largest absolute Gasteiger partial charge is 0.487 e. The molecule has 2 rings (SSSR count). The third-order valence-corrected chi connectivity index (χ3v) is 3.53. The molecule has 18 heavy (non-hydrogen) atoms. The zero-order valence-electron chi connectivity index (χ0n) is 11.1. The van der Waals surface area contributed by atoms with Crippen molar-refractivity contribution >= 4 is 0 Å². The van der Waals surface area contributed by atoms with E-state index in [0.717, 1.165) is 18.4 Å². The predicted octanol–water partition coefficient (Wildman–Crippen LogP) is 2.66. The van der Waals surface area contributed by atoms with Gasteiger partial charge in [0.05, 0.1) is 0 Å². The van der Waals surface area contributed by atoms with E-state index in [1.54, 1.807) is 13.2 Å². The Morgan fingerprint density at radius 1 is 1.56 bits per heavy atom. The van der Waals surface area contributed by atoms with Gasteiger partial charge in [0.25, 0.3) is 0 Å². The van der Waals surface area contributed by atoms with E-state index >= 15 is 0 Å². The highest BCUT2D eigenvalue weighted by Crippen LogP contribution is 2.41. The molecule has 100 valence electrons. The Labute approximate surface area is 107 Å². The van der Waals surface area contributed by atoms with Crippen molar-refractivity contribution in [1.82, 2.24) is 5.32 Å². The summed E-state index contributed by atoms with van der Waals surface area (Å²) in [6.45, 7) is 2.68. The van der Waals surface area contributed by atoms with Crippen molar-refractivity contribution in [2.75, 3.05) is 20.8 Å². The van der Waals surface area contributed by atoms with Crippen molar-refractivity contribution in [1.29, 1.82) is 0 Å². The third kappa shape index (κ3) is 2.65. The zero-order chi connectivity index (χ0) is 13.2. The van der Waals surface area contributed by atoms with Crippen molar-refractivity contribution in [3.63, 3.8) is 0 Å². The van der Waals surface area contributed by atoms with Crippen LogP contribution in [0, 0.1) is 5.82 Å². The van der Waals surface area contributed by atoms with Crippen molar-refractivity contribution in [3.05, 3.63) is 29.6 Å². The lowest BCUT2D eigenvalue weighted by molar-refractivity contribution is 0.0176. The average Bonchev–Trinajstić information content (AvgIpc) is 2.35.